The molecule has 5 heteroatoms. The van der Waals surface area contributed by atoms with E-state index in [1.54, 1.807) is 18.2 Å². The fourth-order valence-electron chi connectivity index (χ4n) is 1.81. The minimum absolute atomic E-state index is 0.211. The molecule has 2 aromatic rings. The van der Waals surface area contributed by atoms with Gasteiger partial charge in [0.1, 0.15) is 17.3 Å². The van der Waals surface area contributed by atoms with Gasteiger partial charge in [-0.3, -0.25) is 4.79 Å². The van der Waals surface area contributed by atoms with Gasteiger partial charge in [-0.2, -0.15) is 0 Å². The van der Waals surface area contributed by atoms with E-state index in [4.69, 9.17) is 9.52 Å². The zero-order valence-corrected chi connectivity index (χ0v) is 11.6. The Hall–Kier alpha value is -2.40. The predicted molar refractivity (Wildman–Crippen MR) is 76.6 cm³/mol. The van der Waals surface area contributed by atoms with Gasteiger partial charge >= 0.3 is 0 Å². The molecule has 0 radical (unpaired) electrons. The highest BCUT2D eigenvalue weighted by molar-refractivity contribution is 5.91. The van der Waals surface area contributed by atoms with Crippen LogP contribution in [0.3, 0.4) is 0 Å². The lowest BCUT2D eigenvalue weighted by Gasteiger charge is -2.05. The van der Waals surface area contributed by atoms with Gasteiger partial charge in [0.15, 0.2) is 0 Å². The number of aliphatic hydroxyl groups is 1. The van der Waals surface area contributed by atoms with Crippen molar-refractivity contribution in [2.45, 2.75) is 20.1 Å². The second kappa shape index (κ2) is 6.85. The summed E-state index contributed by atoms with van der Waals surface area (Å²) in [5.74, 6) is 0.643. The number of aryl methyl sites for hydroxylation is 1. The molecule has 0 aliphatic heterocycles. The van der Waals surface area contributed by atoms with Crippen LogP contribution in [0, 0.1) is 12.7 Å². The van der Waals surface area contributed by atoms with E-state index in [-0.39, 0.29) is 24.6 Å². The summed E-state index contributed by atoms with van der Waals surface area (Å²) in [6, 6.07) is 7.94. The van der Waals surface area contributed by atoms with Crippen LogP contribution < -0.4 is 5.32 Å². The van der Waals surface area contributed by atoms with Gasteiger partial charge < -0.3 is 14.8 Å². The van der Waals surface area contributed by atoms with E-state index in [9.17, 15) is 9.18 Å². The number of rotatable bonds is 5. The molecule has 0 spiro atoms. The highest BCUT2D eigenvalue weighted by Gasteiger charge is 2.03. The minimum atomic E-state index is -0.458. The molecular formula is C16H16FNO3. The number of hydrogen-bond acceptors (Lipinski definition) is 3. The second-order valence-electron chi connectivity index (χ2n) is 4.58. The molecule has 4 nitrogen and oxygen atoms in total. The molecule has 2 rings (SSSR count). The number of furan rings is 1. The highest BCUT2D eigenvalue weighted by Crippen LogP contribution is 2.11. The Morgan fingerprint density at radius 1 is 1.38 bits per heavy atom. The third-order valence-electron chi connectivity index (χ3n) is 2.91. The highest BCUT2D eigenvalue weighted by atomic mass is 19.1. The zero-order valence-electron chi connectivity index (χ0n) is 11.6. The van der Waals surface area contributed by atoms with Gasteiger partial charge in [0.25, 0.3) is 0 Å². The van der Waals surface area contributed by atoms with E-state index < -0.39 is 5.82 Å². The lowest BCUT2D eigenvalue weighted by atomic mass is 10.1. The SMILES string of the molecule is Cc1ccc(/C=C/C(=O)NCc2ccc(F)c(CO)c2)o1. The maximum atomic E-state index is 13.2. The van der Waals surface area contributed by atoms with Gasteiger partial charge in [0.05, 0.1) is 6.61 Å². The van der Waals surface area contributed by atoms with Crippen LogP contribution in [0.1, 0.15) is 22.6 Å². The number of carbonyl (C=O) groups excluding carboxylic acids is 1. The molecule has 0 unspecified atom stereocenters. The van der Waals surface area contributed by atoms with E-state index in [1.807, 2.05) is 13.0 Å². The van der Waals surface area contributed by atoms with E-state index in [1.165, 1.54) is 18.2 Å². The lowest BCUT2D eigenvalue weighted by Crippen LogP contribution is -2.20. The second-order valence-corrected chi connectivity index (χ2v) is 4.58. The summed E-state index contributed by atoms with van der Waals surface area (Å²) in [4.78, 5) is 11.7. The average molecular weight is 289 g/mol. The van der Waals surface area contributed by atoms with Crippen molar-refractivity contribution in [1.82, 2.24) is 5.32 Å². The molecule has 0 fully saturated rings. The Kier molecular flexibility index (Phi) is 4.90. The van der Waals surface area contributed by atoms with Crippen LogP contribution in [0.5, 0.6) is 0 Å². The number of nitrogens with one attached hydrogen (secondary N) is 1. The monoisotopic (exact) mass is 289 g/mol. The molecule has 110 valence electrons. The minimum Gasteiger partial charge on any atom is -0.462 e. The van der Waals surface area contributed by atoms with Crippen molar-refractivity contribution in [3.05, 3.63) is 64.9 Å². The van der Waals surface area contributed by atoms with Crippen LogP contribution in [-0.2, 0) is 17.9 Å². The first kappa shape index (κ1) is 15.0. The molecule has 0 bridgehead atoms. The normalized spacial score (nSPS) is 11.0. The van der Waals surface area contributed by atoms with E-state index in [0.29, 0.717) is 5.76 Å². The molecule has 0 saturated heterocycles. The molecule has 0 atom stereocenters. The molecule has 1 heterocycles. The number of benzene rings is 1. The van der Waals surface area contributed by atoms with Crippen LogP contribution in [-0.4, -0.2) is 11.0 Å². The van der Waals surface area contributed by atoms with Crippen molar-refractivity contribution >= 4 is 12.0 Å². The fourth-order valence-corrected chi connectivity index (χ4v) is 1.81. The standard InChI is InChI=1S/C16H16FNO3/c1-11-2-4-14(21-11)5-7-16(20)18-9-12-3-6-15(17)13(8-12)10-19/h2-8,19H,9-10H2,1H3,(H,18,20)/b7-5+. The Balaban J connectivity index is 1.90. The Labute approximate surface area is 121 Å². The summed E-state index contributed by atoms with van der Waals surface area (Å²) in [7, 11) is 0. The smallest absolute Gasteiger partial charge is 0.244 e. The van der Waals surface area contributed by atoms with Crippen molar-refractivity contribution in [2.75, 3.05) is 0 Å². The summed E-state index contributed by atoms with van der Waals surface area (Å²) in [6.07, 6.45) is 2.95. The van der Waals surface area contributed by atoms with Gasteiger partial charge in [-0.1, -0.05) is 6.07 Å². The van der Waals surface area contributed by atoms with Crippen molar-refractivity contribution in [2.24, 2.45) is 0 Å². The van der Waals surface area contributed by atoms with E-state index >= 15 is 0 Å². The van der Waals surface area contributed by atoms with Crippen molar-refractivity contribution in [1.29, 1.82) is 0 Å². The van der Waals surface area contributed by atoms with Crippen molar-refractivity contribution in [3.63, 3.8) is 0 Å². The molecule has 0 aliphatic rings. The summed E-state index contributed by atoms with van der Waals surface area (Å²) < 4.78 is 18.5. The fraction of sp³-hybridized carbons (Fsp3) is 0.188. The van der Waals surface area contributed by atoms with Crippen molar-refractivity contribution in [3.8, 4) is 0 Å². The number of halogens is 1. The Bertz CT molecular complexity index is 661. The van der Waals surface area contributed by atoms with Gasteiger partial charge in [-0.15, -0.1) is 0 Å². The molecule has 21 heavy (non-hydrogen) atoms. The molecular weight excluding hydrogens is 273 g/mol. The summed E-state index contributed by atoms with van der Waals surface area (Å²) >= 11 is 0. The molecule has 0 aliphatic carbocycles. The average Bonchev–Trinajstić information content (AvgIpc) is 2.90. The predicted octanol–water partition coefficient (Wildman–Crippen LogP) is 2.55. The van der Waals surface area contributed by atoms with Crippen LogP contribution in [0.15, 0.2) is 40.8 Å². The summed E-state index contributed by atoms with van der Waals surface area (Å²) in [5.41, 5.74) is 0.930. The lowest BCUT2D eigenvalue weighted by molar-refractivity contribution is -0.116. The quantitative estimate of drug-likeness (QED) is 0.831. The number of aliphatic hydroxyl groups excluding tert-OH is 1. The van der Waals surface area contributed by atoms with E-state index in [2.05, 4.69) is 5.32 Å². The van der Waals surface area contributed by atoms with Gasteiger partial charge in [-0.25, -0.2) is 4.39 Å². The number of amides is 1. The Morgan fingerprint density at radius 3 is 2.86 bits per heavy atom. The molecule has 1 aromatic heterocycles. The van der Waals surface area contributed by atoms with E-state index in [0.717, 1.165) is 11.3 Å². The van der Waals surface area contributed by atoms with Crippen molar-refractivity contribution < 1.29 is 18.7 Å². The molecule has 1 amide bonds. The maximum absolute atomic E-state index is 13.2. The zero-order chi connectivity index (χ0) is 15.2. The topological polar surface area (TPSA) is 62.5 Å². The first-order valence-corrected chi connectivity index (χ1v) is 6.49. The molecule has 0 saturated carbocycles. The molecule has 1 aromatic carbocycles. The van der Waals surface area contributed by atoms with Crippen LogP contribution >= 0.6 is 0 Å². The summed E-state index contributed by atoms with van der Waals surface area (Å²) in [6.45, 7) is 1.71. The molecule has 2 N–H and O–H groups in total. The largest absolute Gasteiger partial charge is 0.462 e. The number of hydrogen-bond donors (Lipinski definition) is 2. The third kappa shape index (κ3) is 4.29. The van der Waals surface area contributed by atoms with Gasteiger partial charge in [0, 0.05) is 18.2 Å². The maximum Gasteiger partial charge on any atom is 0.244 e. The first-order chi connectivity index (χ1) is 10.1. The first-order valence-electron chi connectivity index (χ1n) is 6.49. The van der Waals surface area contributed by atoms with Crippen LogP contribution in [0.25, 0.3) is 6.08 Å². The Morgan fingerprint density at radius 2 is 2.19 bits per heavy atom. The van der Waals surface area contributed by atoms with Gasteiger partial charge in [0.2, 0.25) is 5.91 Å². The number of carbonyl (C=O) groups is 1. The third-order valence-corrected chi connectivity index (χ3v) is 2.91. The summed E-state index contributed by atoms with van der Waals surface area (Å²) in [5, 5.41) is 11.7. The van der Waals surface area contributed by atoms with Crippen LogP contribution in [0.2, 0.25) is 0 Å². The van der Waals surface area contributed by atoms with Gasteiger partial charge in [-0.05, 0) is 42.8 Å². The van der Waals surface area contributed by atoms with Crippen LogP contribution in [0.4, 0.5) is 4.39 Å².